The van der Waals surface area contributed by atoms with E-state index in [0.29, 0.717) is 17.8 Å². The summed E-state index contributed by atoms with van der Waals surface area (Å²) < 4.78 is 5.40. The zero-order chi connectivity index (χ0) is 14.6. The monoisotopic (exact) mass is 293 g/mol. The molecule has 2 aromatic heterocycles. The van der Waals surface area contributed by atoms with Crippen LogP contribution in [0.4, 0.5) is 0 Å². The predicted molar refractivity (Wildman–Crippen MR) is 82.9 cm³/mol. The second kappa shape index (κ2) is 6.50. The minimum atomic E-state index is 0.159. The Balaban J connectivity index is 2.07. The van der Waals surface area contributed by atoms with Crippen molar-refractivity contribution in [1.29, 1.82) is 0 Å². The Labute approximate surface area is 124 Å². The van der Waals surface area contributed by atoms with Gasteiger partial charge in [-0.25, -0.2) is 0 Å². The first kappa shape index (κ1) is 15.2. The Hall–Kier alpha value is -1.20. The normalized spacial score (nSPS) is 13.6. The molecule has 0 radical (unpaired) electrons. The summed E-state index contributed by atoms with van der Waals surface area (Å²) in [7, 11) is 0. The highest BCUT2D eigenvalue weighted by Gasteiger charge is 2.26. The highest BCUT2D eigenvalue weighted by Crippen LogP contribution is 2.24. The van der Waals surface area contributed by atoms with Crippen LogP contribution in [0.25, 0.3) is 11.4 Å². The fourth-order valence-corrected chi connectivity index (χ4v) is 2.66. The summed E-state index contributed by atoms with van der Waals surface area (Å²) >= 11 is 1.64. The lowest BCUT2D eigenvalue weighted by Crippen LogP contribution is -2.42. The maximum Gasteiger partial charge on any atom is 0.228 e. The molecule has 0 saturated heterocycles. The molecule has 4 nitrogen and oxygen atoms in total. The molecule has 2 rings (SSSR count). The van der Waals surface area contributed by atoms with Gasteiger partial charge in [0.05, 0.1) is 0 Å². The molecule has 0 spiro atoms. The van der Waals surface area contributed by atoms with E-state index in [1.54, 1.807) is 11.3 Å². The van der Waals surface area contributed by atoms with Gasteiger partial charge in [0.2, 0.25) is 11.7 Å². The van der Waals surface area contributed by atoms with E-state index >= 15 is 0 Å². The fourth-order valence-electron chi connectivity index (χ4n) is 2.02. The molecule has 5 heteroatoms. The lowest BCUT2D eigenvalue weighted by atomic mass is 9.84. The Morgan fingerprint density at radius 2 is 2.20 bits per heavy atom. The van der Waals surface area contributed by atoms with Gasteiger partial charge in [-0.3, -0.25) is 0 Å². The SMILES string of the molecule is CCCNC(Cc1nc(-c2ccsc2)no1)C(C)(C)C. The topological polar surface area (TPSA) is 51.0 Å². The van der Waals surface area contributed by atoms with Crippen molar-refractivity contribution < 1.29 is 4.52 Å². The number of nitrogens with zero attached hydrogens (tertiary/aromatic N) is 2. The molecule has 0 bridgehead atoms. The van der Waals surface area contributed by atoms with Crippen LogP contribution in [0.2, 0.25) is 0 Å². The van der Waals surface area contributed by atoms with Gasteiger partial charge in [0.15, 0.2) is 0 Å². The molecule has 0 amide bonds. The van der Waals surface area contributed by atoms with Crippen LogP contribution in [0, 0.1) is 5.41 Å². The van der Waals surface area contributed by atoms with Crippen LogP contribution < -0.4 is 5.32 Å². The smallest absolute Gasteiger partial charge is 0.228 e. The van der Waals surface area contributed by atoms with Gasteiger partial charge in [-0.1, -0.05) is 32.9 Å². The van der Waals surface area contributed by atoms with Crippen molar-refractivity contribution in [2.45, 2.75) is 46.6 Å². The average molecular weight is 293 g/mol. The van der Waals surface area contributed by atoms with Crippen molar-refractivity contribution in [2.24, 2.45) is 5.41 Å². The predicted octanol–water partition coefficient (Wildman–Crippen LogP) is 3.75. The number of rotatable bonds is 6. The van der Waals surface area contributed by atoms with Crippen molar-refractivity contribution in [2.75, 3.05) is 6.54 Å². The molecule has 0 saturated carbocycles. The third kappa shape index (κ3) is 3.90. The van der Waals surface area contributed by atoms with Gasteiger partial charge in [-0.05, 0) is 29.8 Å². The molecular formula is C15H23N3OS. The second-order valence-corrected chi connectivity index (χ2v) is 6.88. The summed E-state index contributed by atoms with van der Waals surface area (Å²) in [5, 5.41) is 11.7. The van der Waals surface area contributed by atoms with E-state index in [4.69, 9.17) is 4.52 Å². The number of hydrogen-bond acceptors (Lipinski definition) is 5. The van der Waals surface area contributed by atoms with Crippen LogP contribution in [-0.2, 0) is 6.42 Å². The molecule has 0 aliphatic carbocycles. The van der Waals surface area contributed by atoms with E-state index in [1.165, 1.54) is 0 Å². The Morgan fingerprint density at radius 3 is 2.80 bits per heavy atom. The van der Waals surface area contributed by atoms with Gasteiger partial charge in [0, 0.05) is 23.4 Å². The molecule has 1 atom stereocenters. The third-order valence-electron chi connectivity index (χ3n) is 3.31. The molecule has 0 aliphatic rings. The second-order valence-electron chi connectivity index (χ2n) is 6.10. The Morgan fingerprint density at radius 1 is 1.40 bits per heavy atom. The first-order valence-corrected chi connectivity index (χ1v) is 8.03. The van der Waals surface area contributed by atoms with Crippen LogP contribution in [0.15, 0.2) is 21.3 Å². The number of thiophene rings is 1. The first-order chi connectivity index (χ1) is 9.50. The van der Waals surface area contributed by atoms with E-state index < -0.39 is 0 Å². The molecule has 1 unspecified atom stereocenters. The highest BCUT2D eigenvalue weighted by atomic mass is 32.1. The average Bonchev–Trinajstić information content (AvgIpc) is 3.03. The summed E-state index contributed by atoms with van der Waals surface area (Å²) in [6.07, 6.45) is 1.89. The van der Waals surface area contributed by atoms with Gasteiger partial charge in [0.25, 0.3) is 0 Å². The lowest BCUT2D eigenvalue weighted by molar-refractivity contribution is 0.244. The van der Waals surface area contributed by atoms with Gasteiger partial charge >= 0.3 is 0 Å². The largest absolute Gasteiger partial charge is 0.339 e. The van der Waals surface area contributed by atoms with Crippen LogP contribution in [0.1, 0.15) is 40.0 Å². The van der Waals surface area contributed by atoms with Gasteiger partial charge in [-0.15, -0.1) is 0 Å². The molecule has 0 aliphatic heterocycles. The molecular weight excluding hydrogens is 270 g/mol. The summed E-state index contributed by atoms with van der Waals surface area (Å²) in [6.45, 7) is 9.88. The fraction of sp³-hybridized carbons (Fsp3) is 0.600. The summed E-state index contributed by atoms with van der Waals surface area (Å²) in [5.74, 6) is 1.39. The number of aromatic nitrogens is 2. The van der Waals surface area contributed by atoms with Gasteiger partial charge in [-0.2, -0.15) is 16.3 Å². The molecule has 2 aromatic rings. The quantitative estimate of drug-likeness (QED) is 0.881. The van der Waals surface area contributed by atoms with Crippen molar-refractivity contribution in [1.82, 2.24) is 15.5 Å². The van der Waals surface area contributed by atoms with Crippen LogP contribution >= 0.6 is 11.3 Å². The zero-order valence-corrected chi connectivity index (χ0v) is 13.5. The van der Waals surface area contributed by atoms with Crippen molar-refractivity contribution in [3.05, 3.63) is 22.7 Å². The van der Waals surface area contributed by atoms with E-state index in [9.17, 15) is 0 Å². The lowest BCUT2D eigenvalue weighted by Gasteiger charge is -2.30. The minimum Gasteiger partial charge on any atom is -0.339 e. The zero-order valence-electron chi connectivity index (χ0n) is 12.6. The van der Waals surface area contributed by atoms with Crippen molar-refractivity contribution in [3.63, 3.8) is 0 Å². The minimum absolute atomic E-state index is 0.159. The summed E-state index contributed by atoms with van der Waals surface area (Å²) in [4.78, 5) is 4.50. The van der Waals surface area contributed by atoms with E-state index in [-0.39, 0.29) is 5.41 Å². The Kier molecular flexibility index (Phi) is 4.94. The van der Waals surface area contributed by atoms with Crippen LogP contribution in [-0.4, -0.2) is 22.7 Å². The maximum absolute atomic E-state index is 5.40. The summed E-state index contributed by atoms with van der Waals surface area (Å²) in [6, 6.07) is 2.34. The number of nitrogens with one attached hydrogen (secondary N) is 1. The maximum atomic E-state index is 5.40. The molecule has 110 valence electrons. The molecule has 1 N–H and O–H groups in total. The van der Waals surface area contributed by atoms with Crippen molar-refractivity contribution in [3.8, 4) is 11.4 Å². The Bertz CT molecular complexity index is 513. The molecule has 2 heterocycles. The van der Waals surface area contributed by atoms with E-state index in [2.05, 4.69) is 43.2 Å². The van der Waals surface area contributed by atoms with E-state index in [0.717, 1.165) is 24.9 Å². The molecule has 20 heavy (non-hydrogen) atoms. The summed E-state index contributed by atoms with van der Waals surface area (Å²) in [5.41, 5.74) is 1.19. The van der Waals surface area contributed by atoms with Gasteiger partial charge < -0.3 is 9.84 Å². The highest BCUT2D eigenvalue weighted by molar-refractivity contribution is 7.08. The van der Waals surface area contributed by atoms with Crippen LogP contribution in [0.5, 0.6) is 0 Å². The third-order valence-corrected chi connectivity index (χ3v) is 4.00. The van der Waals surface area contributed by atoms with Crippen molar-refractivity contribution >= 4 is 11.3 Å². The number of hydrogen-bond donors (Lipinski definition) is 1. The first-order valence-electron chi connectivity index (χ1n) is 7.09. The molecule has 0 fully saturated rings. The molecule has 0 aromatic carbocycles. The standard InChI is InChI=1S/C15H23N3OS/c1-5-7-16-12(15(2,3)4)9-13-17-14(18-19-13)11-6-8-20-10-11/h6,8,10,12,16H,5,7,9H2,1-4H3. The van der Waals surface area contributed by atoms with Crippen LogP contribution in [0.3, 0.4) is 0 Å². The van der Waals surface area contributed by atoms with E-state index in [1.807, 2.05) is 16.8 Å². The van der Waals surface area contributed by atoms with Gasteiger partial charge in [0.1, 0.15) is 0 Å².